The molecule has 0 heterocycles. The van der Waals surface area contributed by atoms with Gasteiger partial charge < -0.3 is 15.5 Å². The number of rotatable bonds is 5. The van der Waals surface area contributed by atoms with Gasteiger partial charge in [-0.3, -0.25) is 0 Å². The van der Waals surface area contributed by atoms with Crippen LogP contribution in [0, 0.1) is 0 Å². The summed E-state index contributed by atoms with van der Waals surface area (Å²) in [6.45, 7) is 2.34. The Balaban J connectivity index is 2.31. The van der Waals surface area contributed by atoms with E-state index in [1.54, 1.807) is 0 Å². The number of nitrogens with one attached hydrogen (secondary N) is 1. The molecule has 0 amide bonds. The molecular formula is C11H23NO2. The van der Waals surface area contributed by atoms with E-state index in [2.05, 4.69) is 12.2 Å². The van der Waals surface area contributed by atoms with Crippen molar-refractivity contribution in [2.75, 3.05) is 6.61 Å². The Bertz CT molecular complexity index is 152. The Morgan fingerprint density at radius 3 is 2.64 bits per heavy atom. The summed E-state index contributed by atoms with van der Waals surface area (Å²) < 4.78 is 0. The molecule has 1 rings (SSSR count). The van der Waals surface area contributed by atoms with Gasteiger partial charge in [-0.05, 0) is 25.7 Å². The molecule has 1 fully saturated rings. The van der Waals surface area contributed by atoms with Crippen molar-refractivity contribution >= 4 is 0 Å². The summed E-state index contributed by atoms with van der Waals surface area (Å²) in [7, 11) is 0. The average molecular weight is 201 g/mol. The third-order valence-electron chi connectivity index (χ3n) is 3.15. The molecule has 0 aromatic rings. The van der Waals surface area contributed by atoms with Crippen molar-refractivity contribution in [3.05, 3.63) is 0 Å². The fraction of sp³-hybridized carbons (Fsp3) is 1.00. The molecule has 1 aliphatic carbocycles. The summed E-state index contributed by atoms with van der Waals surface area (Å²) in [5.41, 5.74) is 0. The van der Waals surface area contributed by atoms with Crippen LogP contribution in [0.4, 0.5) is 0 Å². The molecule has 1 saturated carbocycles. The fourth-order valence-corrected chi connectivity index (χ4v) is 2.17. The Morgan fingerprint density at radius 2 is 2.07 bits per heavy atom. The van der Waals surface area contributed by atoms with Crippen molar-refractivity contribution in [3.63, 3.8) is 0 Å². The molecule has 0 aliphatic heterocycles. The van der Waals surface area contributed by atoms with Crippen molar-refractivity contribution in [3.8, 4) is 0 Å². The van der Waals surface area contributed by atoms with Crippen molar-refractivity contribution in [2.24, 2.45) is 0 Å². The third kappa shape index (κ3) is 3.56. The van der Waals surface area contributed by atoms with Crippen LogP contribution >= 0.6 is 0 Å². The smallest absolute Gasteiger partial charge is 0.0693 e. The van der Waals surface area contributed by atoms with Crippen LogP contribution in [0.25, 0.3) is 0 Å². The number of aliphatic hydroxyl groups is 2. The second kappa shape index (κ2) is 6.38. The van der Waals surface area contributed by atoms with Gasteiger partial charge >= 0.3 is 0 Å². The molecule has 0 spiro atoms. The molecule has 3 nitrogen and oxygen atoms in total. The van der Waals surface area contributed by atoms with Crippen LogP contribution in [0.1, 0.15) is 45.4 Å². The molecule has 1 unspecified atom stereocenters. The quantitative estimate of drug-likeness (QED) is 0.623. The molecule has 84 valence electrons. The first-order valence-electron chi connectivity index (χ1n) is 5.83. The lowest BCUT2D eigenvalue weighted by Crippen LogP contribution is -2.47. The maximum absolute atomic E-state index is 9.76. The first-order valence-corrected chi connectivity index (χ1v) is 5.83. The lowest BCUT2D eigenvalue weighted by Gasteiger charge is -2.31. The van der Waals surface area contributed by atoms with Crippen molar-refractivity contribution in [1.82, 2.24) is 5.32 Å². The standard InChI is InChI=1S/C11H23NO2/c1-2-9(7-8-13)12-10-5-3-4-6-11(10)14/h9-14H,2-8H2,1H3/t9?,10-,11-/m1/s1. The predicted molar refractivity (Wildman–Crippen MR) is 57.2 cm³/mol. The van der Waals surface area contributed by atoms with Gasteiger partial charge in [-0.2, -0.15) is 0 Å². The zero-order valence-electron chi connectivity index (χ0n) is 9.08. The summed E-state index contributed by atoms with van der Waals surface area (Å²) >= 11 is 0. The van der Waals surface area contributed by atoms with Crippen LogP contribution < -0.4 is 5.32 Å². The number of hydrogen-bond donors (Lipinski definition) is 3. The minimum atomic E-state index is -0.184. The highest BCUT2D eigenvalue weighted by Crippen LogP contribution is 2.19. The average Bonchev–Trinajstić information content (AvgIpc) is 2.20. The third-order valence-corrected chi connectivity index (χ3v) is 3.15. The van der Waals surface area contributed by atoms with E-state index >= 15 is 0 Å². The minimum absolute atomic E-state index is 0.184. The van der Waals surface area contributed by atoms with E-state index < -0.39 is 0 Å². The number of aliphatic hydroxyl groups excluding tert-OH is 2. The van der Waals surface area contributed by atoms with Gasteiger partial charge in [0.15, 0.2) is 0 Å². The first kappa shape index (κ1) is 12.0. The van der Waals surface area contributed by atoms with E-state index in [1.807, 2.05) is 0 Å². The number of hydrogen-bond acceptors (Lipinski definition) is 3. The van der Waals surface area contributed by atoms with Gasteiger partial charge in [-0.15, -0.1) is 0 Å². The maximum atomic E-state index is 9.76. The maximum Gasteiger partial charge on any atom is 0.0693 e. The minimum Gasteiger partial charge on any atom is -0.396 e. The largest absolute Gasteiger partial charge is 0.396 e. The second-order valence-electron chi connectivity index (χ2n) is 4.24. The molecule has 3 heteroatoms. The van der Waals surface area contributed by atoms with Crippen molar-refractivity contribution < 1.29 is 10.2 Å². The van der Waals surface area contributed by atoms with E-state index in [1.165, 1.54) is 6.42 Å². The Kier molecular flexibility index (Phi) is 5.45. The summed E-state index contributed by atoms with van der Waals surface area (Å²) in [6, 6.07) is 0.609. The van der Waals surface area contributed by atoms with E-state index in [0.717, 1.165) is 32.1 Å². The van der Waals surface area contributed by atoms with Gasteiger partial charge in [0.05, 0.1) is 6.10 Å². The SMILES string of the molecule is CCC(CCO)N[C@@H]1CCCC[C@H]1O. The Hall–Kier alpha value is -0.120. The Morgan fingerprint density at radius 1 is 1.36 bits per heavy atom. The van der Waals surface area contributed by atoms with Gasteiger partial charge in [0.2, 0.25) is 0 Å². The highest BCUT2D eigenvalue weighted by molar-refractivity contribution is 4.83. The van der Waals surface area contributed by atoms with Gasteiger partial charge in [-0.1, -0.05) is 19.8 Å². The molecule has 14 heavy (non-hydrogen) atoms. The highest BCUT2D eigenvalue weighted by atomic mass is 16.3. The molecule has 0 bridgehead atoms. The van der Waals surface area contributed by atoms with E-state index in [-0.39, 0.29) is 18.8 Å². The molecule has 0 aromatic heterocycles. The molecule has 0 saturated heterocycles. The topological polar surface area (TPSA) is 52.5 Å². The summed E-state index contributed by atoms with van der Waals surface area (Å²) in [6.07, 6.45) is 5.98. The summed E-state index contributed by atoms with van der Waals surface area (Å²) in [5.74, 6) is 0. The van der Waals surface area contributed by atoms with Crippen LogP contribution in [0.3, 0.4) is 0 Å². The van der Waals surface area contributed by atoms with Gasteiger partial charge in [0.1, 0.15) is 0 Å². The van der Waals surface area contributed by atoms with Crippen LogP contribution in [-0.2, 0) is 0 Å². The Labute approximate surface area is 86.5 Å². The van der Waals surface area contributed by atoms with Gasteiger partial charge in [0, 0.05) is 18.7 Å². The highest BCUT2D eigenvalue weighted by Gasteiger charge is 2.24. The second-order valence-corrected chi connectivity index (χ2v) is 4.24. The molecule has 3 atom stereocenters. The van der Waals surface area contributed by atoms with Crippen LogP contribution in [-0.4, -0.2) is 35.0 Å². The van der Waals surface area contributed by atoms with E-state index in [0.29, 0.717) is 6.04 Å². The van der Waals surface area contributed by atoms with Gasteiger partial charge in [-0.25, -0.2) is 0 Å². The van der Waals surface area contributed by atoms with Crippen molar-refractivity contribution in [2.45, 2.75) is 63.6 Å². The summed E-state index contributed by atoms with van der Waals surface area (Å²) in [5, 5.41) is 22.1. The first-order chi connectivity index (χ1) is 6.77. The van der Waals surface area contributed by atoms with Crippen LogP contribution in [0.5, 0.6) is 0 Å². The van der Waals surface area contributed by atoms with Crippen molar-refractivity contribution in [1.29, 1.82) is 0 Å². The monoisotopic (exact) mass is 201 g/mol. The zero-order chi connectivity index (χ0) is 10.4. The predicted octanol–water partition coefficient (Wildman–Crippen LogP) is 1.04. The van der Waals surface area contributed by atoms with Crippen LogP contribution in [0.15, 0.2) is 0 Å². The zero-order valence-corrected chi connectivity index (χ0v) is 9.08. The molecular weight excluding hydrogens is 178 g/mol. The normalized spacial score (nSPS) is 30.2. The molecule has 0 aromatic carbocycles. The lowest BCUT2D eigenvalue weighted by atomic mass is 9.91. The van der Waals surface area contributed by atoms with E-state index in [4.69, 9.17) is 5.11 Å². The fourth-order valence-electron chi connectivity index (χ4n) is 2.17. The molecule has 0 radical (unpaired) electrons. The molecule has 1 aliphatic rings. The van der Waals surface area contributed by atoms with Gasteiger partial charge in [0.25, 0.3) is 0 Å². The molecule has 3 N–H and O–H groups in total. The van der Waals surface area contributed by atoms with Crippen LogP contribution in [0.2, 0.25) is 0 Å². The van der Waals surface area contributed by atoms with E-state index in [9.17, 15) is 5.11 Å². The summed E-state index contributed by atoms with van der Waals surface area (Å²) in [4.78, 5) is 0. The lowest BCUT2D eigenvalue weighted by molar-refractivity contribution is 0.0819.